The van der Waals surface area contributed by atoms with Gasteiger partial charge in [-0.2, -0.15) is 0 Å². The van der Waals surface area contributed by atoms with E-state index in [9.17, 15) is 24.8 Å². The Balaban J connectivity index is 1.96. The SMILES string of the molecule is CCc1ccc(C(=O)N2C(C(=O)O)CC3CCCCC32)cc1[N+](=O)[O-]. The second-order valence-electron chi connectivity index (χ2n) is 6.87. The first-order valence-corrected chi connectivity index (χ1v) is 8.76. The molecule has 134 valence electrons. The van der Waals surface area contributed by atoms with E-state index < -0.39 is 22.8 Å². The van der Waals surface area contributed by atoms with Crippen molar-refractivity contribution >= 4 is 17.6 Å². The molecule has 1 saturated heterocycles. The number of aliphatic carboxylic acids is 1. The molecule has 1 aliphatic heterocycles. The Morgan fingerprint density at radius 1 is 1.32 bits per heavy atom. The highest BCUT2D eigenvalue weighted by molar-refractivity contribution is 5.98. The van der Waals surface area contributed by atoms with E-state index in [1.165, 1.54) is 11.0 Å². The van der Waals surface area contributed by atoms with E-state index in [-0.39, 0.29) is 23.2 Å². The molecule has 0 bridgehead atoms. The molecule has 3 unspecified atom stereocenters. The largest absolute Gasteiger partial charge is 0.480 e. The first-order valence-electron chi connectivity index (χ1n) is 8.76. The molecule has 7 heteroatoms. The third-order valence-electron chi connectivity index (χ3n) is 5.52. The Morgan fingerprint density at radius 3 is 2.68 bits per heavy atom. The Labute approximate surface area is 145 Å². The number of hydrogen-bond acceptors (Lipinski definition) is 4. The lowest BCUT2D eigenvalue weighted by Crippen LogP contribution is -2.46. The monoisotopic (exact) mass is 346 g/mol. The van der Waals surface area contributed by atoms with Crippen LogP contribution in [-0.4, -0.2) is 38.9 Å². The van der Waals surface area contributed by atoms with Crippen LogP contribution in [0.2, 0.25) is 0 Å². The van der Waals surface area contributed by atoms with Crippen LogP contribution in [-0.2, 0) is 11.2 Å². The number of carbonyl (C=O) groups is 2. The third kappa shape index (κ3) is 3.10. The molecule has 1 N–H and O–H groups in total. The van der Waals surface area contributed by atoms with Gasteiger partial charge < -0.3 is 10.0 Å². The van der Waals surface area contributed by atoms with Gasteiger partial charge in [0.05, 0.1) is 4.92 Å². The predicted octanol–water partition coefficient (Wildman–Crippen LogP) is 3.02. The van der Waals surface area contributed by atoms with Crippen molar-refractivity contribution in [3.05, 3.63) is 39.4 Å². The lowest BCUT2D eigenvalue weighted by Gasteiger charge is -2.33. The molecule has 2 fully saturated rings. The summed E-state index contributed by atoms with van der Waals surface area (Å²) >= 11 is 0. The highest BCUT2D eigenvalue weighted by atomic mass is 16.6. The lowest BCUT2D eigenvalue weighted by atomic mass is 9.84. The summed E-state index contributed by atoms with van der Waals surface area (Å²) in [5.74, 6) is -1.20. The minimum absolute atomic E-state index is 0.0766. The smallest absolute Gasteiger partial charge is 0.326 e. The van der Waals surface area contributed by atoms with E-state index in [1.807, 2.05) is 6.92 Å². The van der Waals surface area contributed by atoms with Gasteiger partial charge in [0.2, 0.25) is 0 Å². The predicted molar refractivity (Wildman–Crippen MR) is 90.4 cm³/mol. The van der Waals surface area contributed by atoms with Crippen molar-refractivity contribution in [3.8, 4) is 0 Å². The molecule has 3 atom stereocenters. The Morgan fingerprint density at radius 2 is 2.04 bits per heavy atom. The van der Waals surface area contributed by atoms with E-state index in [1.54, 1.807) is 12.1 Å². The maximum absolute atomic E-state index is 13.0. The van der Waals surface area contributed by atoms with Crippen molar-refractivity contribution in [1.29, 1.82) is 0 Å². The zero-order valence-corrected chi connectivity index (χ0v) is 14.2. The molecule has 3 rings (SSSR count). The van der Waals surface area contributed by atoms with Gasteiger partial charge in [0.1, 0.15) is 6.04 Å². The van der Waals surface area contributed by atoms with Crippen molar-refractivity contribution in [3.63, 3.8) is 0 Å². The molecular weight excluding hydrogens is 324 g/mol. The zero-order chi connectivity index (χ0) is 18.1. The van der Waals surface area contributed by atoms with Gasteiger partial charge in [0.15, 0.2) is 0 Å². The molecule has 25 heavy (non-hydrogen) atoms. The number of amides is 1. The summed E-state index contributed by atoms with van der Waals surface area (Å²) in [5, 5.41) is 20.8. The zero-order valence-electron chi connectivity index (χ0n) is 14.2. The summed E-state index contributed by atoms with van der Waals surface area (Å²) in [6, 6.07) is 3.53. The van der Waals surface area contributed by atoms with Crippen LogP contribution in [0, 0.1) is 16.0 Å². The van der Waals surface area contributed by atoms with Gasteiger partial charge >= 0.3 is 5.97 Å². The summed E-state index contributed by atoms with van der Waals surface area (Å²) in [6.07, 6.45) is 4.75. The second kappa shape index (κ2) is 6.82. The first kappa shape index (κ1) is 17.4. The summed E-state index contributed by atoms with van der Waals surface area (Å²) in [6.45, 7) is 1.82. The lowest BCUT2D eigenvalue weighted by molar-refractivity contribution is -0.385. The minimum atomic E-state index is -0.998. The molecule has 1 heterocycles. The number of likely N-dealkylation sites (tertiary alicyclic amines) is 1. The molecule has 0 radical (unpaired) electrons. The maximum Gasteiger partial charge on any atom is 0.326 e. The number of carboxylic acids is 1. The van der Waals surface area contributed by atoms with Gasteiger partial charge in [-0.25, -0.2) is 4.79 Å². The van der Waals surface area contributed by atoms with E-state index in [0.717, 1.165) is 25.7 Å². The molecule has 7 nitrogen and oxygen atoms in total. The number of nitro groups is 1. The van der Waals surface area contributed by atoms with Crippen LogP contribution in [0.3, 0.4) is 0 Å². The van der Waals surface area contributed by atoms with Crippen molar-refractivity contribution in [2.24, 2.45) is 5.92 Å². The molecule has 1 aromatic rings. The number of carbonyl (C=O) groups excluding carboxylic acids is 1. The van der Waals surface area contributed by atoms with Gasteiger partial charge in [-0.15, -0.1) is 0 Å². The van der Waals surface area contributed by atoms with Crippen molar-refractivity contribution in [2.45, 2.75) is 57.5 Å². The standard InChI is InChI=1S/C18H22N2O5/c1-2-11-7-8-13(10-15(11)20(24)25)17(21)19-14-6-4-3-5-12(14)9-16(19)18(22)23/h7-8,10,12,14,16H,2-6,9H2,1H3,(H,22,23). The molecular formula is C18H22N2O5. The fourth-order valence-electron chi connectivity index (χ4n) is 4.29. The molecule has 0 aromatic heterocycles. The molecule has 1 amide bonds. The normalized spacial score (nSPS) is 25.5. The van der Waals surface area contributed by atoms with Crippen molar-refractivity contribution < 1.29 is 19.6 Å². The van der Waals surface area contributed by atoms with Crippen molar-refractivity contribution in [2.75, 3.05) is 0 Å². The summed E-state index contributed by atoms with van der Waals surface area (Å²) < 4.78 is 0. The molecule has 0 spiro atoms. The average molecular weight is 346 g/mol. The number of aryl methyl sites for hydroxylation is 1. The van der Waals surface area contributed by atoms with Gasteiger partial charge in [-0.3, -0.25) is 14.9 Å². The van der Waals surface area contributed by atoms with Crippen LogP contribution in [0.1, 0.15) is 54.9 Å². The first-order chi connectivity index (χ1) is 11.9. The quantitative estimate of drug-likeness (QED) is 0.667. The van der Waals surface area contributed by atoms with E-state index in [4.69, 9.17) is 0 Å². The molecule has 2 aliphatic rings. The Hall–Kier alpha value is -2.44. The average Bonchev–Trinajstić information content (AvgIpc) is 3.00. The highest BCUT2D eigenvalue weighted by Crippen LogP contribution is 2.40. The van der Waals surface area contributed by atoms with E-state index in [2.05, 4.69) is 0 Å². The minimum Gasteiger partial charge on any atom is -0.480 e. The van der Waals surface area contributed by atoms with Crippen LogP contribution in [0.5, 0.6) is 0 Å². The number of nitrogens with zero attached hydrogens (tertiary/aromatic N) is 2. The van der Waals surface area contributed by atoms with Gasteiger partial charge in [-0.1, -0.05) is 25.8 Å². The topological polar surface area (TPSA) is 101 Å². The number of fused-ring (bicyclic) bond motifs is 1. The van der Waals surface area contributed by atoms with E-state index >= 15 is 0 Å². The summed E-state index contributed by atoms with van der Waals surface area (Å²) in [5.41, 5.74) is 0.675. The van der Waals surface area contributed by atoms with Crippen LogP contribution < -0.4 is 0 Å². The van der Waals surface area contributed by atoms with Gasteiger partial charge in [-0.05, 0) is 37.7 Å². The summed E-state index contributed by atoms with van der Waals surface area (Å²) in [7, 11) is 0. The van der Waals surface area contributed by atoms with Gasteiger partial charge in [0, 0.05) is 23.2 Å². The fraction of sp³-hybridized carbons (Fsp3) is 0.556. The Kier molecular flexibility index (Phi) is 4.74. The highest BCUT2D eigenvalue weighted by Gasteiger charge is 2.47. The number of nitro benzene ring substituents is 1. The van der Waals surface area contributed by atoms with Crippen LogP contribution in [0.4, 0.5) is 5.69 Å². The van der Waals surface area contributed by atoms with E-state index in [0.29, 0.717) is 18.4 Å². The van der Waals surface area contributed by atoms with Crippen molar-refractivity contribution in [1.82, 2.24) is 4.90 Å². The summed E-state index contributed by atoms with van der Waals surface area (Å²) in [4.78, 5) is 36.9. The maximum atomic E-state index is 13.0. The molecule has 1 aliphatic carbocycles. The van der Waals surface area contributed by atoms with Crippen LogP contribution >= 0.6 is 0 Å². The second-order valence-corrected chi connectivity index (χ2v) is 6.87. The van der Waals surface area contributed by atoms with Crippen LogP contribution in [0.15, 0.2) is 18.2 Å². The number of carboxylic acid groups (broad SMARTS) is 1. The molecule has 1 saturated carbocycles. The van der Waals surface area contributed by atoms with Gasteiger partial charge in [0.25, 0.3) is 11.6 Å². The number of benzene rings is 1. The molecule has 1 aromatic carbocycles. The van der Waals surface area contributed by atoms with Crippen LogP contribution in [0.25, 0.3) is 0 Å². The Bertz CT molecular complexity index is 717. The number of rotatable bonds is 4. The number of hydrogen-bond donors (Lipinski definition) is 1. The third-order valence-corrected chi connectivity index (χ3v) is 5.52. The fourth-order valence-corrected chi connectivity index (χ4v) is 4.29.